The van der Waals surface area contributed by atoms with Crippen molar-refractivity contribution in [2.24, 2.45) is 0 Å². The summed E-state index contributed by atoms with van der Waals surface area (Å²) in [6.45, 7) is 12.6. The number of hydrogen-bond donors (Lipinski definition) is 0. The third-order valence-corrected chi connectivity index (χ3v) is 9.11. The van der Waals surface area contributed by atoms with Crippen LogP contribution in [0.25, 0.3) is 0 Å². The van der Waals surface area contributed by atoms with Gasteiger partial charge in [0, 0.05) is 13.3 Å². The molecular formula is C20H32O5Si. The summed E-state index contributed by atoms with van der Waals surface area (Å²) in [5, 5.41) is 0.0314. The summed E-state index contributed by atoms with van der Waals surface area (Å²) in [7, 11) is -2.05. The Morgan fingerprint density at radius 2 is 1.73 bits per heavy atom. The lowest BCUT2D eigenvalue weighted by Gasteiger charge is -2.39. The molecule has 1 aromatic rings. The van der Waals surface area contributed by atoms with Crippen molar-refractivity contribution in [3.63, 3.8) is 0 Å². The molecule has 0 amide bonds. The standard InChI is InChI=1S/C20H32O5Si/c1-16(21)24-14-18(22)12-19(25-26(5,6)20(2,3)4)15-23-13-17-10-8-7-9-11-17/h7-11,19H,12-15H2,1-6H3/t19-/m1/s1. The zero-order chi connectivity index (χ0) is 19.8. The van der Waals surface area contributed by atoms with Crippen LogP contribution in [0.3, 0.4) is 0 Å². The van der Waals surface area contributed by atoms with E-state index in [1.807, 2.05) is 30.3 Å². The van der Waals surface area contributed by atoms with Gasteiger partial charge in [0.05, 0.1) is 19.3 Å². The number of rotatable bonds is 10. The van der Waals surface area contributed by atoms with E-state index in [2.05, 4.69) is 33.9 Å². The van der Waals surface area contributed by atoms with E-state index in [4.69, 9.17) is 13.9 Å². The monoisotopic (exact) mass is 380 g/mol. The van der Waals surface area contributed by atoms with Gasteiger partial charge in [-0.05, 0) is 23.7 Å². The second-order valence-electron chi connectivity index (χ2n) is 8.02. The first-order chi connectivity index (χ1) is 12.0. The van der Waals surface area contributed by atoms with Crippen LogP contribution in [0.4, 0.5) is 0 Å². The second-order valence-corrected chi connectivity index (χ2v) is 12.8. The molecule has 0 spiro atoms. The highest BCUT2D eigenvalue weighted by Crippen LogP contribution is 2.37. The smallest absolute Gasteiger partial charge is 0.303 e. The molecule has 0 heterocycles. The number of hydrogen-bond acceptors (Lipinski definition) is 5. The lowest BCUT2D eigenvalue weighted by atomic mass is 10.2. The average Bonchev–Trinajstić information content (AvgIpc) is 2.52. The van der Waals surface area contributed by atoms with Gasteiger partial charge in [0.2, 0.25) is 0 Å². The van der Waals surface area contributed by atoms with Crippen LogP contribution in [0.5, 0.6) is 0 Å². The first-order valence-corrected chi connectivity index (χ1v) is 11.9. The van der Waals surface area contributed by atoms with Gasteiger partial charge >= 0.3 is 5.97 Å². The molecule has 26 heavy (non-hydrogen) atoms. The minimum absolute atomic E-state index is 0.0314. The van der Waals surface area contributed by atoms with E-state index in [-0.39, 0.29) is 30.0 Å². The van der Waals surface area contributed by atoms with Gasteiger partial charge in [-0.25, -0.2) is 0 Å². The van der Waals surface area contributed by atoms with Crippen molar-refractivity contribution < 1.29 is 23.5 Å². The Bertz CT molecular complexity index is 578. The number of benzene rings is 1. The van der Waals surface area contributed by atoms with Gasteiger partial charge in [-0.1, -0.05) is 51.1 Å². The molecule has 1 atom stereocenters. The van der Waals surface area contributed by atoms with Crippen LogP contribution in [0.1, 0.15) is 39.7 Å². The fourth-order valence-electron chi connectivity index (χ4n) is 2.11. The number of ketones is 1. The molecule has 0 aliphatic carbocycles. The molecule has 0 saturated carbocycles. The highest BCUT2D eigenvalue weighted by Gasteiger charge is 2.39. The molecular weight excluding hydrogens is 348 g/mol. The fourth-order valence-corrected chi connectivity index (χ4v) is 3.44. The van der Waals surface area contributed by atoms with Crippen molar-refractivity contribution in [1.82, 2.24) is 0 Å². The Morgan fingerprint density at radius 1 is 1.12 bits per heavy atom. The van der Waals surface area contributed by atoms with Crippen LogP contribution in [0, 0.1) is 0 Å². The minimum Gasteiger partial charge on any atom is -0.458 e. The quantitative estimate of drug-likeness (QED) is 0.451. The molecule has 0 saturated heterocycles. The third-order valence-electron chi connectivity index (χ3n) is 4.57. The first-order valence-electron chi connectivity index (χ1n) is 8.96. The van der Waals surface area contributed by atoms with Crippen LogP contribution in [-0.2, 0) is 30.1 Å². The molecule has 0 radical (unpaired) electrons. The summed E-state index contributed by atoms with van der Waals surface area (Å²) in [4.78, 5) is 23.0. The molecule has 0 N–H and O–H groups in total. The van der Waals surface area contributed by atoms with Crippen molar-refractivity contribution >= 4 is 20.1 Å². The molecule has 0 aromatic heterocycles. The Morgan fingerprint density at radius 3 is 2.27 bits per heavy atom. The lowest BCUT2D eigenvalue weighted by molar-refractivity contribution is -0.146. The summed E-state index contributed by atoms with van der Waals surface area (Å²) in [5.41, 5.74) is 1.07. The van der Waals surface area contributed by atoms with Gasteiger partial charge in [0.15, 0.2) is 14.1 Å². The molecule has 5 nitrogen and oxygen atoms in total. The molecule has 0 bridgehead atoms. The largest absolute Gasteiger partial charge is 0.458 e. The van der Waals surface area contributed by atoms with E-state index in [1.54, 1.807) is 0 Å². The van der Waals surface area contributed by atoms with Gasteiger partial charge < -0.3 is 13.9 Å². The summed E-state index contributed by atoms with van der Waals surface area (Å²) < 4.78 is 17.0. The van der Waals surface area contributed by atoms with Gasteiger partial charge in [0.1, 0.15) is 6.61 Å². The highest BCUT2D eigenvalue weighted by atomic mass is 28.4. The summed E-state index contributed by atoms with van der Waals surface area (Å²) in [6, 6.07) is 9.88. The Labute approximate surface area is 158 Å². The predicted molar refractivity (Wildman–Crippen MR) is 104 cm³/mol. The molecule has 0 fully saturated rings. The van der Waals surface area contributed by atoms with Crippen molar-refractivity contribution in [2.45, 2.75) is 65.0 Å². The first kappa shape index (κ1) is 22.5. The summed E-state index contributed by atoms with van der Waals surface area (Å²) in [5.74, 6) is -0.618. The molecule has 0 aliphatic rings. The van der Waals surface area contributed by atoms with Crippen molar-refractivity contribution in [3.05, 3.63) is 35.9 Å². The summed E-state index contributed by atoms with van der Waals surface area (Å²) in [6.07, 6.45) is -0.170. The maximum atomic E-state index is 12.1. The van der Waals surface area contributed by atoms with Crippen LogP contribution >= 0.6 is 0 Å². The van der Waals surface area contributed by atoms with Crippen molar-refractivity contribution in [3.8, 4) is 0 Å². The van der Waals surface area contributed by atoms with E-state index in [9.17, 15) is 9.59 Å². The molecule has 146 valence electrons. The average molecular weight is 381 g/mol. The maximum Gasteiger partial charge on any atom is 0.303 e. The Balaban J connectivity index is 2.67. The highest BCUT2D eigenvalue weighted by molar-refractivity contribution is 6.74. The second kappa shape index (κ2) is 9.99. The van der Waals surface area contributed by atoms with Crippen LogP contribution < -0.4 is 0 Å². The summed E-state index contributed by atoms with van der Waals surface area (Å²) >= 11 is 0. The van der Waals surface area contributed by atoms with Gasteiger partial charge in [-0.3, -0.25) is 9.59 Å². The lowest BCUT2D eigenvalue weighted by Crippen LogP contribution is -2.45. The van der Waals surface area contributed by atoms with Crippen molar-refractivity contribution in [1.29, 1.82) is 0 Å². The van der Waals surface area contributed by atoms with Crippen LogP contribution in [0.15, 0.2) is 30.3 Å². The predicted octanol–water partition coefficient (Wildman–Crippen LogP) is 4.12. The Hall–Kier alpha value is -1.50. The molecule has 0 aliphatic heterocycles. The third kappa shape index (κ3) is 8.25. The number of esters is 1. The fraction of sp³-hybridized carbons (Fsp3) is 0.600. The maximum absolute atomic E-state index is 12.1. The molecule has 0 unspecified atom stereocenters. The van der Waals surface area contributed by atoms with Gasteiger partial charge in [-0.2, -0.15) is 0 Å². The topological polar surface area (TPSA) is 61.8 Å². The van der Waals surface area contributed by atoms with E-state index >= 15 is 0 Å². The zero-order valence-corrected chi connectivity index (χ0v) is 17.8. The molecule has 1 aromatic carbocycles. The number of carbonyl (C=O) groups is 2. The van der Waals surface area contributed by atoms with Crippen molar-refractivity contribution in [2.75, 3.05) is 13.2 Å². The number of ether oxygens (including phenoxy) is 2. The normalized spacial score (nSPS) is 13.3. The number of carbonyl (C=O) groups excluding carboxylic acids is 2. The van der Waals surface area contributed by atoms with E-state index in [1.165, 1.54) is 6.92 Å². The SMILES string of the molecule is CC(=O)OCC(=O)C[C@H](COCc1ccccc1)O[Si](C)(C)C(C)(C)C. The van der Waals surface area contributed by atoms with Gasteiger partial charge in [-0.15, -0.1) is 0 Å². The Kier molecular flexibility index (Phi) is 8.66. The van der Waals surface area contributed by atoms with Gasteiger partial charge in [0.25, 0.3) is 0 Å². The zero-order valence-electron chi connectivity index (χ0n) is 16.8. The van der Waals surface area contributed by atoms with E-state index in [0.29, 0.717) is 13.2 Å². The van der Waals surface area contributed by atoms with Crippen LogP contribution in [-0.4, -0.2) is 39.4 Å². The minimum atomic E-state index is -2.05. The molecule has 1 rings (SSSR count). The van der Waals surface area contributed by atoms with E-state index in [0.717, 1.165) is 5.56 Å². The molecule has 6 heteroatoms. The van der Waals surface area contributed by atoms with E-state index < -0.39 is 14.3 Å². The number of Topliss-reactive ketones (excluding diaryl/α,β-unsaturated/α-hetero) is 1. The van der Waals surface area contributed by atoms with Crippen LogP contribution in [0.2, 0.25) is 18.1 Å².